The van der Waals surface area contributed by atoms with Gasteiger partial charge in [0, 0.05) is 39.6 Å². The summed E-state index contributed by atoms with van der Waals surface area (Å²) in [7, 11) is -1.41. The van der Waals surface area contributed by atoms with Crippen LogP contribution in [0.4, 0.5) is 0 Å². The third-order valence-corrected chi connectivity index (χ3v) is 4.81. The maximum absolute atomic E-state index is 11.5. The van der Waals surface area contributed by atoms with Crippen LogP contribution in [0.15, 0.2) is 34.2 Å². The summed E-state index contributed by atoms with van der Waals surface area (Å²) >= 11 is 0. The van der Waals surface area contributed by atoms with Crippen molar-refractivity contribution >= 4 is 39.8 Å². The van der Waals surface area contributed by atoms with Gasteiger partial charge >= 0.3 is 0 Å². The van der Waals surface area contributed by atoms with Gasteiger partial charge in [0.05, 0.1) is 4.90 Å². The minimum absolute atomic E-state index is 0. The topological polar surface area (TPSA) is 79.8 Å². The van der Waals surface area contributed by atoms with Crippen molar-refractivity contribution in [3.8, 4) is 0 Å². The Morgan fingerprint density at radius 2 is 1.81 bits per heavy atom. The van der Waals surface area contributed by atoms with Crippen molar-refractivity contribution in [3.05, 3.63) is 29.8 Å². The van der Waals surface area contributed by atoms with Crippen molar-refractivity contribution in [2.75, 3.05) is 39.6 Å². The molecule has 0 amide bonds. The second kappa shape index (κ2) is 14.2. The van der Waals surface area contributed by atoms with E-state index in [9.17, 15) is 8.42 Å². The molecule has 0 saturated heterocycles. The van der Waals surface area contributed by atoms with Gasteiger partial charge < -0.3 is 15.4 Å². The normalized spacial score (nSPS) is 11.7. The van der Waals surface area contributed by atoms with E-state index in [0.717, 1.165) is 63.4 Å². The Balaban J connectivity index is 0.00000625. The summed E-state index contributed by atoms with van der Waals surface area (Å²) in [5, 5.41) is 6.55. The lowest BCUT2D eigenvalue weighted by molar-refractivity contribution is 0.192. The van der Waals surface area contributed by atoms with Crippen LogP contribution in [0.2, 0.25) is 0 Å². The minimum Gasteiger partial charge on any atom is -0.385 e. The largest absolute Gasteiger partial charge is 0.385 e. The molecule has 8 heteroatoms. The average Bonchev–Trinajstić information content (AvgIpc) is 2.57. The lowest BCUT2D eigenvalue weighted by Gasteiger charge is -2.11. The number of halogens is 1. The Morgan fingerprint density at radius 3 is 2.38 bits per heavy atom. The first-order chi connectivity index (χ1) is 12.0. The molecule has 0 fully saturated rings. The van der Waals surface area contributed by atoms with Crippen molar-refractivity contribution in [2.24, 2.45) is 4.99 Å². The van der Waals surface area contributed by atoms with Gasteiger partial charge in [0.15, 0.2) is 15.8 Å². The molecule has 1 aromatic carbocycles. The van der Waals surface area contributed by atoms with E-state index in [1.54, 1.807) is 19.2 Å². The number of sulfone groups is 1. The monoisotopic (exact) mass is 497 g/mol. The van der Waals surface area contributed by atoms with E-state index in [2.05, 4.69) is 15.6 Å². The summed E-state index contributed by atoms with van der Waals surface area (Å²) in [5.74, 6) is 0.821. The van der Waals surface area contributed by atoms with Gasteiger partial charge in [0.2, 0.25) is 0 Å². The van der Waals surface area contributed by atoms with Gasteiger partial charge in [-0.1, -0.05) is 12.1 Å². The summed E-state index contributed by atoms with van der Waals surface area (Å²) in [6.45, 7) is 5.20. The fourth-order valence-electron chi connectivity index (χ4n) is 2.30. The molecule has 0 bridgehead atoms. The molecule has 0 aromatic heterocycles. The zero-order valence-electron chi connectivity index (χ0n) is 16.0. The van der Waals surface area contributed by atoms with Crippen molar-refractivity contribution in [1.82, 2.24) is 10.6 Å². The molecule has 0 aliphatic carbocycles. The standard InChI is InChI=1S/C18H31N3O3S.HI/c1-4-19-18(20-13-6-5-7-15-24-2)21-14-12-16-8-10-17(11-9-16)25(3,22)23;/h8-11H,4-7,12-15H2,1-3H3,(H2,19,20,21);1H. The Hall–Kier alpha value is -0.870. The minimum atomic E-state index is -3.13. The van der Waals surface area contributed by atoms with Gasteiger partial charge in [-0.2, -0.15) is 0 Å². The zero-order valence-corrected chi connectivity index (χ0v) is 19.1. The van der Waals surface area contributed by atoms with Gasteiger partial charge in [0.1, 0.15) is 0 Å². The van der Waals surface area contributed by atoms with E-state index in [0.29, 0.717) is 4.90 Å². The first-order valence-electron chi connectivity index (χ1n) is 8.77. The van der Waals surface area contributed by atoms with Crippen LogP contribution in [0.5, 0.6) is 0 Å². The molecule has 1 rings (SSSR count). The number of benzene rings is 1. The fourth-order valence-corrected chi connectivity index (χ4v) is 2.93. The highest BCUT2D eigenvalue weighted by Gasteiger charge is 2.06. The number of nitrogens with zero attached hydrogens (tertiary/aromatic N) is 1. The van der Waals surface area contributed by atoms with Crippen molar-refractivity contribution < 1.29 is 13.2 Å². The van der Waals surface area contributed by atoms with E-state index >= 15 is 0 Å². The smallest absolute Gasteiger partial charge is 0.191 e. The SMILES string of the molecule is CCNC(=NCCCCCOC)NCCc1ccc(S(C)(=O)=O)cc1.I. The Labute approximate surface area is 175 Å². The average molecular weight is 497 g/mol. The number of hydrogen-bond donors (Lipinski definition) is 2. The fraction of sp³-hybridized carbons (Fsp3) is 0.611. The van der Waals surface area contributed by atoms with Crippen LogP contribution < -0.4 is 10.6 Å². The Morgan fingerprint density at radius 1 is 1.12 bits per heavy atom. The molecule has 0 aliphatic heterocycles. The number of methoxy groups -OCH3 is 1. The maximum atomic E-state index is 11.5. The van der Waals surface area contributed by atoms with Crippen LogP contribution in [0.25, 0.3) is 0 Å². The highest BCUT2D eigenvalue weighted by molar-refractivity contribution is 14.0. The second-order valence-corrected chi connectivity index (χ2v) is 7.92. The number of guanidine groups is 1. The molecule has 0 radical (unpaired) electrons. The number of aliphatic imine (C=N–C) groups is 1. The molecule has 0 heterocycles. The molecule has 150 valence electrons. The van der Waals surface area contributed by atoms with Crippen LogP contribution in [-0.2, 0) is 21.0 Å². The van der Waals surface area contributed by atoms with Crippen molar-refractivity contribution in [1.29, 1.82) is 0 Å². The van der Waals surface area contributed by atoms with E-state index in [-0.39, 0.29) is 24.0 Å². The number of nitrogens with one attached hydrogen (secondary N) is 2. The lowest BCUT2D eigenvalue weighted by Crippen LogP contribution is -2.38. The van der Waals surface area contributed by atoms with Crippen molar-refractivity contribution in [2.45, 2.75) is 37.5 Å². The van der Waals surface area contributed by atoms with Crippen LogP contribution in [-0.4, -0.2) is 54.0 Å². The maximum Gasteiger partial charge on any atom is 0.191 e. The molecular weight excluding hydrogens is 465 g/mol. The van der Waals surface area contributed by atoms with Gasteiger partial charge in [-0.15, -0.1) is 24.0 Å². The molecular formula is C18H32IN3O3S. The van der Waals surface area contributed by atoms with Crippen LogP contribution in [0.3, 0.4) is 0 Å². The van der Waals surface area contributed by atoms with E-state index in [4.69, 9.17) is 4.74 Å². The molecule has 26 heavy (non-hydrogen) atoms. The number of rotatable bonds is 11. The molecule has 1 aromatic rings. The molecule has 0 aliphatic rings. The third-order valence-electron chi connectivity index (χ3n) is 3.68. The molecule has 0 unspecified atom stereocenters. The van der Waals surface area contributed by atoms with Gasteiger partial charge in [-0.25, -0.2) is 8.42 Å². The third kappa shape index (κ3) is 11.0. The van der Waals surface area contributed by atoms with Crippen LogP contribution in [0.1, 0.15) is 31.7 Å². The molecule has 0 atom stereocenters. The second-order valence-electron chi connectivity index (χ2n) is 5.91. The van der Waals surface area contributed by atoms with E-state index in [1.807, 2.05) is 19.1 Å². The molecule has 0 spiro atoms. The zero-order chi connectivity index (χ0) is 18.5. The van der Waals surface area contributed by atoms with Gasteiger partial charge in [-0.3, -0.25) is 4.99 Å². The Bertz CT molecular complexity index is 619. The quantitative estimate of drug-likeness (QED) is 0.213. The predicted octanol–water partition coefficient (Wildman–Crippen LogP) is 2.62. The number of unbranched alkanes of at least 4 members (excludes halogenated alkanes) is 2. The summed E-state index contributed by atoms with van der Waals surface area (Å²) in [4.78, 5) is 4.92. The summed E-state index contributed by atoms with van der Waals surface area (Å²) < 4.78 is 28.0. The molecule has 2 N–H and O–H groups in total. The van der Waals surface area contributed by atoms with Crippen molar-refractivity contribution in [3.63, 3.8) is 0 Å². The predicted molar refractivity (Wildman–Crippen MR) is 118 cm³/mol. The highest BCUT2D eigenvalue weighted by atomic mass is 127. The van der Waals surface area contributed by atoms with E-state index < -0.39 is 9.84 Å². The lowest BCUT2D eigenvalue weighted by atomic mass is 10.1. The molecule has 0 saturated carbocycles. The van der Waals surface area contributed by atoms with Gasteiger partial charge in [-0.05, 0) is 50.3 Å². The first-order valence-corrected chi connectivity index (χ1v) is 10.7. The number of ether oxygens (including phenoxy) is 1. The van der Waals surface area contributed by atoms with Crippen LogP contribution in [0, 0.1) is 0 Å². The summed E-state index contributed by atoms with van der Waals surface area (Å²) in [6, 6.07) is 7.03. The molecule has 6 nitrogen and oxygen atoms in total. The first kappa shape index (κ1) is 25.1. The van der Waals surface area contributed by atoms with Gasteiger partial charge in [0.25, 0.3) is 0 Å². The highest BCUT2D eigenvalue weighted by Crippen LogP contribution is 2.10. The summed E-state index contributed by atoms with van der Waals surface area (Å²) in [5.41, 5.74) is 1.09. The van der Waals surface area contributed by atoms with E-state index in [1.165, 1.54) is 6.26 Å². The number of hydrogen-bond acceptors (Lipinski definition) is 4. The summed E-state index contributed by atoms with van der Waals surface area (Å²) in [6.07, 6.45) is 5.26. The van der Waals surface area contributed by atoms with Crippen LogP contribution >= 0.6 is 24.0 Å². The Kier molecular flexibility index (Phi) is 13.7.